The highest BCUT2D eigenvalue weighted by atomic mass is 32.2. The van der Waals surface area contributed by atoms with Gasteiger partial charge in [0.15, 0.2) is 0 Å². The van der Waals surface area contributed by atoms with Crippen LogP contribution in [-0.2, 0) is 5.75 Å². The fraction of sp³-hybridized carbons (Fsp3) is 0.200. The van der Waals surface area contributed by atoms with Gasteiger partial charge >= 0.3 is 0 Å². The number of aryl methyl sites for hydroxylation is 1. The van der Waals surface area contributed by atoms with Gasteiger partial charge in [0.2, 0.25) is 0 Å². The van der Waals surface area contributed by atoms with E-state index >= 15 is 0 Å². The first-order chi connectivity index (χ1) is 12.6. The van der Waals surface area contributed by atoms with Crippen molar-refractivity contribution in [2.75, 3.05) is 12.3 Å². The number of hydrogen-bond donors (Lipinski definition) is 1. The predicted molar refractivity (Wildman–Crippen MR) is 103 cm³/mol. The maximum atomic E-state index is 13.5. The number of amides is 1. The highest BCUT2D eigenvalue weighted by Gasteiger charge is 2.07. The largest absolute Gasteiger partial charge is 0.351 e. The third-order valence-corrected chi connectivity index (χ3v) is 4.96. The molecule has 1 aromatic heterocycles. The lowest BCUT2D eigenvalue weighted by Gasteiger charge is -2.08. The average Bonchev–Trinajstić information content (AvgIpc) is 3.09. The van der Waals surface area contributed by atoms with Gasteiger partial charge in [0, 0.05) is 35.5 Å². The second kappa shape index (κ2) is 8.67. The van der Waals surface area contributed by atoms with E-state index in [1.807, 2.05) is 35.9 Å². The van der Waals surface area contributed by atoms with Gasteiger partial charge in [-0.3, -0.25) is 4.79 Å². The molecule has 1 heterocycles. The Bertz CT molecular complexity index is 877. The molecule has 0 fully saturated rings. The van der Waals surface area contributed by atoms with Crippen LogP contribution in [0.3, 0.4) is 0 Å². The molecule has 0 spiro atoms. The zero-order chi connectivity index (χ0) is 18.4. The van der Waals surface area contributed by atoms with Crippen molar-refractivity contribution in [1.82, 2.24) is 15.1 Å². The Kier molecular flexibility index (Phi) is 6.07. The molecule has 1 amide bonds. The maximum Gasteiger partial charge on any atom is 0.251 e. The molecule has 0 aliphatic rings. The first kappa shape index (κ1) is 18.2. The molecular weight excluding hydrogens is 349 g/mol. The summed E-state index contributed by atoms with van der Waals surface area (Å²) >= 11 is 1.59. The first-order valence-corrected chi connectivity index (χ1v) is 9.51. The summed E-state index contributed by atoms with van der Waals surface area (Å²) in [5.41, 5.74) is 3.25. The number of hydrogen-bond acceptors (Lipinski definition) is 3. The van der Waals surface area contributed by atoms with Crippen LogP contribution >= 0.6 is 11.8 Å². The van der Waals surface area contributed by atoms with Crippen LogP contribution in [0.5, 0.6) is 0 Å². The lowest BCUT2D eigenvalue weighted by atomic mass is 10.2. The molecule has 4 nitrogen and oxygen atoms in total. The van der Waals surface area contributed by atoms with Crippen LogP contribution in [0.25, 0.3) is 5.69 Å². The normalized spacial score (nSPS) is 10.7. The van der Waals surface area contributed by atoms with Crippen LogP contribution in [0, 0.1) is 12.7 Å². The highest BCUT2D eigenvalue weighted by molar-refractivity contribution is 7.98. The standard InChI is InChI=1S/C20H20FN3OS/c1-15-10-11-23-24(15)18-8-6-16(7-9-18)20(25)22-12-13-26-14-17-4-2-3-5-19(17)21/h2-11H,12-14H2,1H3,(H,22,25). The lowest BCUT2D eigenvalue weighted by molar-refractivity contribution is 0.0956. The van der Waals surface area contributed by atoms with Crippen LogP contribution < -0.4 is 5.32 Å². The van der Waals surface area contributed by atoms with E-state index in [0.717, 1.165) is 17.1 Å². The Morgan fingerprint density at radius 3 is 2.62 bits per heavy atom. The van der Waals surface area contributed by atoms with Crippen molar-refractivity contribution in [3.8, 4) is 5.69 Å². The second-order valence-corrected chi connectivity index (χ2v) is 6.94. The second-order valence-electron chi connectivity index (χ2n) is 5.83. The fourth-order valence-corrected chi connectivity index (χ4v) is 3.37. The Hall–Kier alpha value is -2.60. The number of carbonyl (C=O) groups excluding carboxylic acids is 1. The van der Waals surface area contributed by atoms with Crippen molar-refractivity contribution < 1.29 is 9.18 Å². The molecule has 26 heavy (non-hydrogen) atoms. The smallest absolute Gasteiger partial charge is 0.251 e. The lowest BCUT2D eigenvalue weighted by Crippen LogP contribution is -2.25. The number of nitrogens with zero attached hydrogens (tertiary/aromatic N) is 2. The van der Waals surface area contributed by atoms with Crippen molar-refractivity contribution in [2.24, 2.45) is 0 Å². The minimum atomic E-state index is -0.184. The molecule has 6 heteroatoms. The van der Waals surface area contributed by atoms with Crippen LogP contribution in [-0.4, -0.2) is 28.0 Å². The summed E-state index contributed by atoms with van der Waals surface area (Å²) in [5, 5.41) is 7.14. The number of halogens is 1. The first-order valence-electron chi connectivity index (χ1n) is 8.35. The molecule has 134 valence electrons. The van der Waals surface area contributed by atoms with Gasteiger partial charge in [-0.2, -0.15) is 16.9 Å². The van der Waals surface area contributed by atoms with E-state index in [-0.39, 0.29) is 11.7 Å². The number of thioether (sulfide) groups is 1. The molecule has 0 saturated carbocycles. The number of aromatic nitrogens is 2. The minimum absolute atomic E-state index is 0.111. The monoisotopic (exact) mass is 369 g/mol. The van der Waals surface area contributed by atoms with E-state index in [2.05, 4.69) is 10.4 Å². The van der Waals surface area contributed by atoms with Gasteiger partial charge in [0.25, 0.3) is 5.91 Å². The third kappa shape index (κ3) is 4.52. The Morgan fingerprint density at radius 2 is 1.92 bits per heavy atom. The number of carbonyl (C=O) groups is 1. The van der Waals surface area contributed by atoms with Gasteiger partial charge in [0.1, 0.15) is 5.82 Å². The highest BCUT2D eigenvalue weighted by Crippen LogP contribution is 2.15. The maximum absolute atomic E-state index is 13.5. The molecule has 0 aliphatic carbocycles. The third-order valence-electron chi connectivity index (χ3n) is 3.95. The molecule has 0 saturated heterocycles. The summed E-state index contributed by atoms with van der Waals surface area (Å²) in [6.07, 6.45) is 1.74. The van der Waals surface area contributed by atoms with E-state index in [1.54, 1.807) is 42.2 Å². The summed E-state index contributed by atoms with van der Waals surface area (Å²) in [6, 6.07) is 16.0. The van der Waals surface area contributed by atoms with E-state index in [9.17, 15) is 9.18 Å². The average molecular weight is 369 g/mol. The summed E-state index contributed by atoms with van der Waals surface area (Å²) in [6.45, 7) is 2.52. The summed E-state index contributed by atoms with van der Waals surface area (Å²) in [4.78, 5) is 12.2. The van der Waals surface area contributed by atoms with Crippen molar-refractivity contribution in [3.63, 3.8) is 0 Å². The topological polar surface area (TPSA) is 46.9 Å². The number of nitrogens with one attached hydrogen (secondary N) is 1. The van der Waals surface area contributed by atoms with E-state index < -0.39 is 0 Å². The molecule has 0 bridgehead atoms. The van der Waals surface area contributed by atoms with Crippen LogP contribution in [0.2, 0.25) is 0 Å². The molecule has 3 rings (SSSR count). The number of benzene rings is 2. The van der Waals surface area contributed by atoms with Crippen LogP contribution in [0.4, 0.5) is 4.39 Å². The van der Waals surface area contributed by atoms with E-state index in [0.29, 0.717) is 23.4 Å². The van der Waals surface area contributed by atoms with Crippen LogP contribution in [0.15, 0.2) is 60.8 Å². The van der Waals surface area contributed by atoms with Gasteiger partial charge in [0.05, 0.1) is 5.69 Å². The SMILES string of the molecule is Cc1ccnn1-c1ccc(C(=O)NCCSCc2ccccc2F)cc1. The van der Waals surface area contributed by atoms with Gasteiger partial charge < -0.3 is 5.32 Å². The number of rotatable bonds is 7. The fourth-order valence-electron chi connectivity index (χ4n) is 2.53. The molecule has 2 aromatic carbocycles. The molecule has 0 atom stereocenters. The van der Waals surface area contributed by atoms with E-state index in [1.165, 1.54) is 6.07 Å². The molecule has 3 aromatic rings. The van der Waals surface area contributed by atoms with Gasteiger partial charge in [-0.15, -0.1) is 0 Å². The van der Waals surface area contributed by atoms with Gasteiger partial charge in [-0.1, -0.05) is 18.2 Å². The Morgan fingerprint density at radius 1 is 1.15 bits per heavy atom. The molecule has 1 N–H and O–H groups in total. The Balaban J connectivity index is 1.45. The van der Waals surface area contributed by atoms with Crippen molar-refractivity contribution in [3.05, 3.63) is 83.4 Å². The zero-order valence-corrected chi connectivity index (χ0v) is 15.3. The zero-order valence-electron chi connectivity index (χ0n) is 14.5. The summed E-state index contributed by atoms with van der Waals surface area (Å²) in [7, 11) is 0. The van der Waals surface area contributed by atoms with Crippen molar-refractivity contribution >= 4 is 17.7 Å². The van der Waals surface area contributed by atoms with Crippen molar-refractivity contribution in [2.45, 2.75) is 12.7 Å². The Labute approximate surface area is 156 Å². The quantitative estimate of drug-likeness (QED) is 0.641. The van der Waals surface area contributed by atoms with Gasteiger partial charge in [-0.25, -0.2) is 9.07 Å². The predicted octanol–water partition coefficient (Wildman–Crippen LogP) is 3.98. The molecule has 0 radical (unpaired) electrons. The molecule has 0 aliphatic heterocycles. The van der Waals surface area contributed by atoms with Crippen molar-refractivity contribution in [1.29, 1.82) is 0 Å². The molecule has 0 unspecified atom stereocenters. The molecular formula is C20H20FN3OS. The van der Waals surface area contributed by atoms with Gasteiger partial charge in [-0.05, 0) is 48.9 Å². The van der Waals surface area contributed by atoms with E-state index in [4.69, 9.17) is 0 Å². The van der Waals surface area contributed by atoms with Crippen LogP contribution in [0.1, 0.15) is 21.6 Å². The minimum Gasteiger partial charge on any atom is -0.351 e. The summed E-state index contributed by atoms with van der Waals surface area (Å²) in [5.74, 6) is 1.03. The summed E-state index contributed by atoms with van der Waals surface area (Å²) < 4.78 is 15.3.